The third-order valence-electron chi connectivity index (χ3n) is 3.67. The molecule has 0 saturated heterocycles. The van der Waals surface area contributed by atoms with Gasteiger partial charge in [0.25, 0.3) is 0 Å². The Morgan fingerprint density at radius 3 is 2.08 bits per heavy atom. The van der Waals surface area contributed by atoms with Gasteiger partial charge in [0.1, 0.15) is 6.54 Å². The molecule has 0 aromatic heterocycles. The summed E-state index contributed by atoms with van der Waals surface area (Å²) in [6, 6.07) is 12.6. The molecule has 2 rings (SSSR count). The van der Waals surface area contributed by atoms with Gasteiger partial charge >= 0.3 is 0 Å². The summed E-state index contributed by atoms with van der Waals surface area (Å²) < 4.78 is 25.2. The molecule has 0 heterocycles. The van der Waals surface area contributed by atoms with Crippen molar-refractivity contribution in [1.29, 1.82) is 0 Å². The second-order valence-corrected chi connectivity index (χ2v) is 7.83. The van der Waals surface area contributed by atoms with Gasteiger partial charge in [0, 0.05) is 5.69 Å². The molecule has 0 aliphatic rings. The van der Waals surface area contributed by atoms with Crippen molar-refractivity contribution < 1.29 is 13.2 Å². The van der Waals surface area contributed by atoms with E-state index < -0.39 is 10.0 Å². The standard InChI is InChI=1S/C18H22N2O3S/c1-13-10-14(2)18(15(3)11-13)19-17(21)12-20(24(4,22)23)16-8-6-5-7-9-16/h5-11H,12H2,1-4H3,(H,19,21). The molecule has 0 fully saturated rings. The summed E-state index contributed by atoms with van der Waals surface area (Å²) >= 11 is 0. The zero-order valence-electron chi connectivity index (χ0n) is 14.3. The molecule has 2 aromatic carbocycles. The number of anilines is 2. The molecular weight excluding hydrogens is 324 g/mol. The smallest absolute Gasteiger partial charge is 0.245 e. The average molecular weight is 346 g/mol. The molecule has 0 atom stereocenters. The van der Waals surface area contributed by atoms with E-state index in [0.29, 0.717) is 5.69 Å². The predicted molar refractivity (Wildman–Crippen MR) is 97.9 cm³/mol. The van der Waals surface area contributed by atoms with E-state index in [1.807, 2.05) is 32.9 Å². The van der Waals surface area contributed by atoms with E-state index in [-0.39, 0.29) is 12.5 Å². The van der Waals surface area contributed by atoms with Crippen LogP contribution in [0.2, 0.25) is 0 Å². The fourth-order valence-corrected chi connectivity index (χ4v) is 3.54. The average Bonchev–Trinajstić information content (AvgIpc) is 2.48. The van der Waals surface area contributed by atoms with Crippen LogP contribution in [0.4, 0.5) is 11.4 Å². The molecule has 128 valence electrons. The molecule has 0 aliphatic heterocycles. The first-order valence-electron chi connectivity index (χ1n) is 7.59. The molecule has 0 bridgehead atoms. The van der Waals surface area contributed by atoms with Crippen LogP contribution in [-0.4, -0.2) is 27.1 Å². The highest BCUT2D eigenvalue weighted by atomic mass is 32.2. The summed E-state index contributed by atoms with van der Waals surface area (Å²) in [6.07, 6.45) is 1.09. The van der Waals surface area contributed by atoms with Crippen LogP contribution in [0.3, 0.4) is 0 Å². The second kappa shape index (κ2) is 7.05. The van der Waals surface area contributed by atoms with E-state index in [2.05, 4.69) is 5.32 Å². The van der Waals surface area contributed by atoms with Crippen molar-refractivity contribution in [3.8, 4) is 0 Å². The Labute approximate surface area is 143 Å². The maximum atomic E-state index is 12.4. The number of carbonyl (C=O) groups excluding carboxylic acids is 1. The number of sulfonamides is 1. The summed E-state index contributed by atoms with van der Waals surface area (Å²) in [7, 11) is -3.56. The molecule has 1 amide bonds. The monoisotopic (exact) mass is 346 g/mol. The number of rotatable bonds is 5. The van der Waals surface area contributed by atoms with Gasteiger partial charge in [-0.1, -0.05) is 35.9 Å². The molecule has 0 radical (unpaired) electrons. The number of benzene rings is 2. The summed E-state index contributed by atoms with van der Waals surface area (Å²) in [5, 5.41) is 2.83. The summed E-state index contributed by atoms with van der Waals surface area (Å²) in [6.45, 7) is 5.56. The van der Waals surface area contributed by atoms with Crippen molar-refractivity contribution in [1.82, 2.24) is 0 Å². The normalized spacial score (nSPS) is 11.2. The first-order chi connectivity index (χ1) is 11.2. The van der Waals surface area contributed by atoms with Crippen molar-refractivity contribution in [3.05, 3.63) is 59.2 Å². The molecule has 1 N–H and O–H groups in total. The van der Waals surface area contributed by atoms with Gasteiger partial charge in [0.15, 0.2) is 0 Å². The van der Waals surface area contributed by atoms with Gasteiger partial charge in [-0.25, -0.2) is 8.42 Å². The molecule has 6 heteroatoms. The van der Waals surface area contributed by atoms with Gasteiger partial charge in [-0.15, -0.1) is 0 Å². The Balaban J connectivity index is 2.24. The minimum absolute atomic E-state index is 0.268. The Morgan fingerprint density at radius 2 is 1.58 bits per heavy atom. The van der Waals surface area contributed by atoms with E-state index in [1.54, 1.807) is 30.3 Å². The van der Waals surface area contributed by atoms with Crippen molar-refractivity contribution >= 4 is 27.3 Å². The van der Waals surface area contributed by atoms with Crippen LogP contribution in [0.5, 0.6) is 0 Å². The lowest BCUT2D eigenvalue weighted by molar-refractivity contribution is -0.114. The Bertz CT molecular complexity index is 823. The SMILES string of the molecule is Cc1cc(C)c(NC(=O)CN(c2ccccc2)S(C)(=O)=O)c(C)c1. The minimum atomic E-state index is -3.56. The quantitative estimate of drug-likeness (QED) is 0.905. The van der Waals surface area contributed by atoms with Crippen molar-refractivity contribution in [2.75, 3.05) is 22.4 Å². The van der Waals surface area contributed by atoms with E-state index in [1.165, 1.54) is 0 Å². The number of para-hydroxylation sites is 1. The summed E-state index contributed by atoms with van der Waals surface area (Å²) in [5.74, 6) is -0.376. The Hall–Kier alpha value is -2.34. The number of hydrogen-bond donors (Lipinski definition) is 1. The molecule has 24 heavy (non-hydrogen) atoms. The third kappa shape index (κ3) is 4.35. The van der Waals surface area contributed by atoms with Crippen LogP contribution in [0.25, 0.3) is 0 Å². The number of nitrogens with one attached hydrogen (secondary N) is 1. The van der Waals surface area contributed by atoms with Gasteiger partial charge in [-0.3, -0.25) is 9.10 Å². The molecule has 5 nitrogen and oxygen atoms in total. The molecular formula is C18H22N2O3S. The lowest BCUT2D eigenvalue weighted by atomic mass is 10.1. The second-order valence-electron chi connectivity index (χ2n) is 5.93. The molecule has 0 saturated carbocycles. The zero-order chi connectivity index (χ0) is 17.9. The highest BCUT2D eigenvalue weighted by Gasteiger charge is 2.21. The number of hydrogen-bond acceptors (Lipinski definition) is 3. The van der Waals surface area contributed by atoms with Gasteiger partial charge in [-0.05, 0) is 44.0 Å². The first-order valence-corrected chi connectivity index (χ1v) is 9.44. The van der Waals surface area contributed by atoms with Crippen LogP contribution < -0.4 is 9.62 Å². The number of nitrogens with zero attached hydrogens (tertiary/aromatic N) is 1. The molecule has 0 unspecified atom stereocenters. The van der Waals surface area contributed by atoms with E-state index in [0.717, 1.165) is 32.9 Å². The predicted octanol–water partition coefficient (Wildman–Crippen LogP) is 3.02. The van der Waals surface area contributed by atoms with Crippen LogP contribution in [0, 0.1) is 20.8 Å². The fraction of sp³-hybridized carbons (Fsp3) is 0.278. The van der Waals surface area contributed by atoms with E-state index >= 15 is 0 Å². The first kappa shape index (κ1) is 18.0. The Morgan fingerprint density at radius 1 is 1.04 bits per heavy atom. The molecule has 0 aliphatic carbocycles. The summed E-state index contributed by atoms with van der Waals surface area (Å²) in [4.78, 5) is 12.4. The number of carbonyl (C=O) groups is 1. The van der Waals surface area contributed by atoms with Gasteiger partial charge in [-0.2, -0.15) is 0 Å². The van der Waals surface area contributed by atoms with Crippen molar-refractivity contribution in [2.24, 2.45) is 0 Å². The van der Waals surface area contributed by atoms with Crippen molar-refractivity contribution in [2.45, 2.75) is 20.8 Å². The number of amides is 1. The largest absolute Gasteiger partial charge is 0.324 e. The lowest BCUT2D eigenvalue weighted by Crippen LogP contribution is -2.37. The molecule has 2 aromatic rings. The highest BCUT2D eigenvalue weighted by molar-refractivity contribution is 7.92. The minimum Gasteiger partial charge on any atom is -0.324 e. The van der Waals surface area contributed by atoms with Crippen LogP contribution in [0.15, 0.2) is 42.5 Å². The summed E-state index contributed by atoms with van der Waals surface area (Å²) in [5.41, 5.74) is 4.21. The van der Waals surface area contributed by atoms with Gasteiger partial charge < -0.3 is 5.32 Å². The topological polar surface area (TPSA) is 66.5 Å². The zero-order valence-corrected chi connectivity index (χ0v) is 15.1. The van der Waals surface area contributed by atoms with Crippen molar-refractivity contribution in [3.63, 3.8) is 0 Å². The van der Waals surface area contributed by atoms with E-state index in [4.69, 9.17) is 0 Å². The van der Waals surface area contributed by atoms with Gasteiger partial charge in [0.05, 0.1) is 11.9 Å². The maximum Gasteiger partial charge on any atom is 0.245 e. The lowest BCUT2D eigenvalue weighted by Gasteiger charge is -2.22. The highest BCUT2D eigenvalue weighted by Crippen LogP contribution is 2.22. The van der Waals surface area contributed by atoms with Crippen LogP contribution in [-0.2, 0) is 14.8 Å². The van der Waals surface area contributed by atoms with Crippen LogP contribution >= 0.6 is 0 Å². The molecule has 0 spiro atoms. The Kier molecular flexibility index (Phi) is 5.29. The van der Waals surface area contributed by atoms with Gasteiger partial charge in [0.2, 0.25) is 15.9 Å². The maximum absolute atomic E-state index is 12.4. The third-order valence-corrected chi connectivity index (χ3v) is 4.81. The fourth-order valence-electron chi connectivity index (χ4n) is 2.68. The van der Waals surface area contributed by atoms with Crippen LogP contribution in [0.1, 0.15) is 16.7 Å². The number of aryl methyl sites for hydroxylation is 3. The van der Waals surface area contributed by atoms with E-state index in [9.17, 15) is 13.2 Å².